The summed E-state index contributed by atoms with van der Waals surface area (Å²) in [6.07, 6.45) is 9.17. The van der Waals surface area contributed by atoms with Crippen LogP contribution in [0.4, 0.5) is 5.69 Å². The number of allylic oxidation sites excluding steroid dienone is 1. The zero-order valence-electron chi connectivity index (χ0n) is 13.0. The largest absolute Gasteiger partial charge is 0.372 e. The van der Waals surface area contributed by atoms with E-state index in [4.69, 9.17) is 0 Å². The topological polar surface area (TPSA) is 15.3 Å². The smallest absolute Gasteiger partial charge is 0.0919 e. The van der Waals surface area contributed by atoms with Crippen LogP contribution in [-0.2, 0) is 0 Å². The third-order valence-corrected chi connectivity index (χ3v) is 4.74. The number of hydrogen-bond acceptors (Lipinski definition) is 2. The van der Waals surface area contributed by atoms with E-state index in [2.05, 4.69) is 49.3 Å². The van der Waals surface area contributed by atoms with Gasteiger partial charge in [-0.25, -0.2) is 0 Å². The van der Waals surface area contributed by atoms with Gasteiger partial charge in [0.1, 0.15) is 0 Å². The highest BCUT2D eigenvalue weighted by molar-refractivity contribution is 5.64. The summed E-state index contributed by atoms with van der Waals surface area (Å²) in [5, 5.41) is 3.45. The number of aryl methyl sites for hydroxylation is 3. The van der Waals surface area contributed by atoms with Crippen LogP contribution in [0.1, 0.15) is 48.8 Å². The first-order valence-electron chi connectivity index (χ1n) is 7.95. The number of anilines is 1. The highest BCUT2D eigenvalue weighted by atomic mass is 15.3. The second-order valence-electron chi connectivity index (χ2n) is 6.44. The molecule has 0 radical (unpaired) electrons. The molecule has 20 heavy (non-hydrogen) atoms. The van der Waals surface area contributed by atoms with Gasteiger partial charge in [-0.2, -0.15) is 0 Å². The summed E-state index contributed by atoms with van der Waals surface area (Å²) in [4.78, 5) is 2.51. The summed E-state index contributed by atoms with van der Waals surface area (Å²) >= 11 is 0. The fraction of sp³-hybridized carbons (Fsp3) is 0.556. The van der Waals surface area contributed by atoms with Gasteiger partial charge in [-0.05, 0) is 44.7 Å². The molecule has 1 aromatic rings. The van der Waals surface area contributed by atoms with E-state index in [-0.39, 0.29) is 0 Å². The van der Waals surface area contributed by atoms with Crippen LogP contribution in [0.2, 0.25) is 0 Å². The monoisotopic (exact) mass is 270 g/mol. The van der Waals surface area contributed by atoms with E-state index in [9.17, 15) is 0 Å². The van der Waals surface area contributed by atoms with Crippen molar-refractivity contribution in [2.24, 2.45) is 5.92 Å². The molecule has 1 fully saturated rings. The molecule has 0 unspecified atom stereocenters. The Morgan fingerprint density at radius 3 is 2.30 bits per heavy atom. The van der Waals surface area contributed by atoms with Crippen molar-refractivity contribution < 1.29 is 0 Å². The van der Waals surface area contributed by atoms with Crippen molar-refractivity contribution in [2.75, 3.05) is 11.6 Å². The van der Waals surface area contributed by atoms with Gasteiger partial charge in [0.15, 0.2) is 0 Å². The second kappa shape index (κ2) is 5.51. The van der Waals surface area contributed by atoms with Crippen molar-refractivity contribution in [1.29, 1.82) is 0 Å². The van der Waals surface area contributed by atoms with E-state index in [1.54, 1.807) is 0 Å². The third-order valence-electron chi connectivity index (χ3n) is 4.74. The molecule has 1 aliphatic heterocycles. The van der Waals surface area contributed by atoms with E-state index in [1.807, 2.05) is 0 Å². The molecule has 1 aromatic carbocycles. The van der Waals surface area contributed by atoms with Crippen molar-refractivity contribution in [3.63, 3.8) is 0 Å². The summed E-state index contributed by atoms with van der Waals surface area (Å²) in [6.45, 7) is 7.60. The van der Waals surface area contributed by atoms with Crippen LogP contribution in [0, 0.1) is 26.7 Å². The molecular formula is C18H26N2. The molecule has 2 aliphatic rings. The summed E-state index contributed by atoms with van der Waals surface area (Å²) in [7, 11) is 0. The Bertz CT molecular complexity index is 501. The molecule has 0 spiro atoms. The quantitative estimate of drug-likeness (QED) is 0.857. The predicted octanol–water partition coefficient (Wildman–Crippen LogP) is 4.40. The highest BCUT2D eigenvalue weighted by Gasteiger charge is 2.27. The molecule has 1 aliphatic carbocycles. The standard InChI is InChI=1S/C18H26N2/c1-13-9-14(2)18(15(3)10-13)20-12-19-11-17(20)16-7-5-4-6-8-16/h9-11,16,19H,4-8,12H2,1-3H3. The zero-order chi connectivity index (χ0) is 14.1. The van der Waals surface area contributed by atoms with Crippen molar-refractivity contribution in [3.05, 3.63) is 40.7 Å². The van der Waals surface area contributed by atoms with Gasteiger partial charge in [0, 0.05) is 23.5 Å². The Labute approximate surface area is 122 Å². The Morgan fingerprint density at radius 1 is 1.00 bits per heavy atom. The first kappa shape index (κ1) is 13.5. The van der Waals surface area contributed by atoms with Gasteiger partial charge in [-0.1, -0.05) is 37.0 Å². The average Bonchev–Trinajstić information content (AvgIpc) is 2.87. The number of benzene rings is 1. The molecule has 0 bridgehead atoms. The molecule has 0 atom stereocenters. The molecule has 1 saturated carbocycles. The minimum atomic E-state index is 0.749. The maximum Gasteiger partial charge on any atom is 0.0919 e. The molecule has 1 N–H and O–H groups in total. The Balaban J connectivity index is 1.92. The number of hydrogen-bond donors (Lipinski definition) is 1. The number of nitrogens with zero attached hydrogens (tertiary/aromatic N) is 1. The number of rotatable bonds is 2. The molecule has 2 heteroatoms. The summed E-state index contributed by atoms with van der Waals surface area (Å²) in [5.74, 6) is 0.749. The van der Waals surface area contributed by atoms with E-state index in [0.29, 0.717) is 0 Å². The maximum absolute atomic E-state index is 3.45. The Morgan fingerprint density at radius 2 is 1.65 bits per heavy atom. The molecule has 2 nitrogen and oxygen atoms in total. The van der Waals surface area contributed by atoms with Gasteiger partial charge < -0.3 is 10.2 Å². The summed E-state index contributed by atoms with van der Waals surface area (Å²) in [5.41, 5.74) is 7.08. The van der Waals surface area contributed by atoms with Gasteiger partial charge >= 0.3 is 0 Å². The second-order valence-corrected chi connectivity index (χ2v) is 6.44. The molecular weight excluding hydrogens is 244 g/mol. The van der Waals surface area contributed by atoms with E-state index >= 15 is 0 Å². The molecule has 0 amide bonds. The van der Waals surface area contributed by atoms with Crippen LogP contribution in [0.15, 0.2) is 24.0 Å². The fourth-order valence-electron chi connectivity index (χ4n) is 3.95. The lowest BCUT2D eigenvalue weighted by Crippen LogP contribution is -2.28. The van der Waals surface area contributed by atoms with Gasteiger partial charge in [-0.3, -0.25) is 0 Å². The SMILES string of the molecule is Cc1cc(C)c(N2CNC=C2C2CCCCC2)c(C)c1. The predicted molar refractivity (Wildman–Crippen MR) is 85.8 cm³/mol. The minimum Gasteiger partial charge on any atom is -0.372 e. The van der Waals surface area contributed by atoms with Crippen LogP contribution >= 0.6 is 0 Å². The Kier molecular flexibility index (Phi) is 3.73. The molecule has 0 aromatic heterocycles. The number of nitrogens with one attached hydrogen (secondary N) is 1. The van der Waals surface area contributed by atoms with Gasteiger partial charge in [0.05, 0.1) is 6.67 Å². The van der Waals surface area contributed by atoms with Gasteiger partial charge in [0.2, 0.25) is 0 Å². The molecule has 0 saturated heterocycles. The maximum atomic E-state index is 3.45. The lowest BCUT2D eigenvalue weighted by atomic mass is 9.86. The van der Waals surface area contributed by atoms with Gasteiger partial charge in [-0.15, -0.1) is 0 Å². The van der Waals surface area contributed by atoms with Gasteiger partial charge in [0.25, 0.3) is 0 Å². The van der Waals surface area contributed by atoms with Crippen molar-refractivity contribution in [3.8, 4) is 0 Å². The fourth-order valence-corrected chi connectivity index (χ4v) is 3.95. The van der Waals surface area contributed by atoms with Crippen LogP contribution in [-0.4, -0.2) is 6.67 Å². The molecule has 3 rings (SSSR count). The van der Waals surface area contributed by atoms with Crippen LogP contribution < -0.4 is 10.2 Å². The van der Waals surface area contributed by atoms with Crippen LogP contribution in [0.5, 0.6) is 0 Å². The average molecular weight is 270 g/mol. The summed E-state index contributed by atoms with van der Waals surface area (Å²) in [6, 6.07) is 4.61. The van der Waals surface area contributed by atoms with Crippen molar-refractivity contribution >= 4 is 5.69 Å². The van der Waals surface area contributed by atoms with Crippen LogP contribution in [0.3, 0.4) is 0 Å². The van der Waals surface area contributed by atoms with E-state index in [1.165, 1.54) is 60.2 Å². The van der Waals surface area contributed by atoms with Crippen molar-refractivity contribution in [2.45, 2.75) is 52.9 Å². The highest BCUT2D eigenvalue weighted by Crippen LogP contribution is 2.37. The van der Waals surface area contributed by atoms with E-state index < -0.39 is 0 Å². The lowest BCUT2D eigenvalue weighted by Gasteiger charge is -2.32. The first-order chi connectivity index (χ1) is 9.66. The normalized spacial score (nSPS) is 19.9. The van der Waals surface area contributed by atoms with Crippen LogP contribution in [0.25, 0.3) is 0 Å². The summed E-state index contributed by atoms with van der Waals surface area (Å²) < 4.78 is 0. The lowest BCUT2D eigenvalue weighted by molar-refractivity contribution is 0.398. The first-order valence-corrected chi connectivity index (χ1v) is 7.95. The van der Waals surface area contributed by atoms with Crippen molar-refractivity contribution in [1.82, 2.24) is 5.32 Å². The third kappa shape index (κ3) is 2.44. The zero-order valence-corrected chi connectivity index (χ0v) is 13.0. The Hall–Kier alpha value is -1.44. The van der Waals surface area contributed by atoms with E-state index in [0.717, 1.165) is 12.6 Å². The minimum absolute atomic E-state index is 0.749. The molecule has 1 heterocycles. The molecule has 108 valence electrons.